The number of ether oxygens (including phenoxy) is 2. The minimum atomic E-state index is -0.266. The van der Waals surface area contributed by atoms with Crippen LogP contribution in [0.5, 0.6) is 11.5 Å². The van der Waals surface area contributed by atoms with Crippen LogP contribution < -0.4 is 14.8 Å². The van der Waals surface area contributed by atoms with Crippen molar-refractivity contribution in [2.75, 3.05) is 19.0 Å². The first-order valence-electron chi connectivity index (χ1n) is 8.00. The molecule has 0 radical (unpaired) electrons. The number of aldehydes is 1. The minimum Gasteiger partial charge on any atom is -0.493 e. The number of carbonyl (C=O) groups is 2. The topological polar surface area (TPSA) is 64.6 Å². The molecule has 5 heteroatoms. The van der Waals surface area contributed by atoms with Gasteiger partial charge in [0.1, 0.15) is 6.29 Å². The van der Waals surface area contributed by atoms with Gasteiger partial charge in [0.25, 0.3) is 5.91 Å². The second-order valence-corrected chi connectivity index (χ2v) is 6.66. The number of hydrogen-bond donors (Lipinski definition) is 1. The molecule has 0 heterocycles. The van der Waals surface area contributed by atoms with Crippen LogP contribution in [0.1, 0.15) is 36.7 Å². The van der Waals surface area contributed by atoms with Crippen molar-refractivity contribution in [2.45, 2.75) is 26.2 Å². The normalized spacial score (nSPS) is 10.9. The van der Waals surface area contributed by atoms with Crippen LogP contribution in [0.2, 0.25) is 0 Å². The molecule has 0 spiro atoms. The van der Waals surface area contributed by atoms with Crippen LogP contribution in [0.3, 0.4) is 0 Å². The summed E-state index contributed by atoms with van der Waals surface area (Å²) >= 11 is 0. The molecule has 25 heavy (non-hydrogen) atoms. The van der Waals surface area contributed by atoms with E-state index in [4.69, 9.17) is 9.47 Å². The Balaban J connectivity index is 2.06. The molecule has 2 aromatic rings. The van der Waals surface area contributed by atoms with Gasteiger partial charge in [-0.2, -0.15) is 0 Å². The molecule has 0 atom stereocenters. The molecule has 0 saturated heterocycles. The number of hydrogen-bond acceptors (Lipinski definition) is 4. The number of amides is 1. The highest BCUT2D eigenvalue weighted by molar-refractivity contribution is 5.92. The van der Waals surface area contributed by atoms with Gasteiger partial charge >= 0.3 is 0 Å². The van der Waals surface area contributed by atoms with Gasteiger partial charge in [-0.15, -0.1) is 0 Å². The van der Waals surface area contributed by atoms with Gasteiger partial charge in [-0.25, -0.2) is 0 Å². The van der Waals surface area contributed by atoms with Gasteiger partial charge in [-0.1, -0.05) is 39.0 Å². The Bertz CT molecular complexity index is 763. The molecular weight excluding hydrogens is 318 g/mol. The Labute approximate surface area is 148 Å². The Morgan fingerprint density at radius 1 is 1.12 bits per heavy atom. The predicted molar refractivity (Wildman–Crippen MR) is 97.6 cm³/mol. The summed E-state index contributed by atoms with van der Waals surface area (Å²) in [6.07, 6.45) is 0.725. The van der Waals surface area contributed by atoms with Gasteiger partial charge in [0.05, 0.1) is 7.11 Å². The van der Waals surface area contributed by atoms with Gasteiger partial charge in [0.2, 0.25) is 0 Å². The molecule has 0 aliphatic carbocycles. The third kappa shape index (κ3) is 4.83. The van der Waals surface area contributed by atoms with Crippen molar-refractivity contribution < 1.29 is 19.1 Å². The minimum absolute atomic E-state index is 0.0847. The van der Waals surface area contributed by atoms with E-state index in [2.05, 4.69) is 26.1 Å². The van der Waals surface area contributed by atoms with E-state index in [1.807, 2.05) is 24.3 Å². The fourth-order valence-corrected chi connectivity index (χ4v) is 2.45. The molecule has 1 amide bonds. The summed E-state index contributed by atoms with van der Waals surface area (Å²) in [5.41, 5.74) is 2.22. The molecule has 0 unspecified atom stereocenters. The van der Waals surface area contributed by atoms with E-state index >= 15 is 0 Å². The average molecular weight is 341 g/mol. The van der Waals surface area contributed by atoms with Crippen molar-refractivity contribution >= 4 is 17.9 Å². The molecule has 0 saturated carbocycles. The highest BCUT2D eigenvalue weighted by atomic mass is 16.5. The Kier molecular flexibility index (Phi) is 5.80. The van der Waals surface area contributed by atoms with Gasteiger partial charge in [-0.05, 0) is 35.2 Å². The van der Waals surface area contributed by atoms with Crippen molar-refractivity contribution in [2.24, 2.45) is 0 Å². The number of carbonyl (C=O) groups excluding carboxylic acids is 2. The highest BCUT2D eigenvalue weighted by Gasteiger charge is 2.18. The lowest BCUT2D eigenvalue weighted by molar-refractivity contribution is -0.118. The van der Waals surface area contributed by atoms with Crippen LogP contribution in [0, 0.1) is 0 Å². The first-order chi connectivity index (χ1) is 11.8. The molecule has 0 aliphatic heterocycles. The highest BCUT2D eigenvalue weighted by Crippen LogP contribution is 2.30. The van der Waals surface area contributed by atoms with Crippen LogP contribution in [-0.4, -0.2) is 25.9 Å². The predicted octanol–water partition coefficient (Wildman–Crippen LogP) is 3.82. The third-order valence-corrected chi connectivity index (χ3v) is 3.69. The smallest absolute Gasteiger partial charge is 0.262 e. The summed E-state index contributed by atoms with van der Waals surface area (Å²) in [6.45, 7) is 6.12. The van der Waals surface area contributed by atoms with E-state index in [0.29, 0.717) is 17.1 Å². The zero-order chi connectivity index (χ0) is 18.4. The molecule has 0 bridgehead atoms. The first kappa shape index (κ1) is 18.5. The Hall–Kier alpha value is -2.82. The van der Waals surface area contributed by atoms with Crippen molar-refractivity contribution in [1.82, 2.24) is 0 Å². The molecule has 1 N–H and O–H groups in total. The maximum absolute atomic E-state index is 12.3. The molecule has 2 aromatic carbocycles. The largest absolute Gasteiger partial charge is 0.493 e. The number of nitrogens with one attached hydrogen (secondary N) is 1. The number of anilines is 1. The van der Waals surface area contributed by atoms with Crippen molar-refractivity contribution in [3.63, 3.8) is 0 Å². The Morgan fingerprint density at radius 3 is 2.48 bits per heavy atom. The molecule has 0 aromatic heterocycles. The van der Waals surface area contributed by atoms with E-state index in [-0.39, 0.29) is 17.9 Å². The van der Waals surface area contributed by atoms with Crippen LogP contribution in [0.4, 0.5) is 5.69 Å². The summed E-state index contributed by atoms with van der Waals surface area (Å²) < 4.78 is 10.7. The quantitative estimate of drug-likeness (QED) is 0.811. The van der Waals surface area contributed by atoms with Gasteiger partial charge in [0, 0.05) is 11.3 Å². The zero-order valence-corrected chi connectivity index (χ0v) is 15.0. The molecule has 0 aliphatic rings. The maximum atomic E-state index is 12.3. The molecular formula is C20H23NO4. The fourth-order valence-electron chi connectivity index (χ4n) is 2.45. The van der Waals surface area contributed by atoms with Gasteiger partial charge in [-0.3, -0.25) is 9.59 Å². The lowest BCUT2D eigenvalue weighted by Gasteiger charge is -2.23. The number of para-hydroxylation sites is 1. The molecule has 0 fully saturated rings. The summed E-state index contributed by atoms with van der Waals surface area (Å²) in [7, 11) is 1.48. The first-order valence-corrected chi connectivity index (χ1v) is 8.00. The van der Waals surface area contributed by atoms with E-state index in [1.165, 1.54) is 7.11 Å². The average Bonchev–Trinajstić information content (AvgIpc) is 2.59. The number of methoxy groups -OCH3 is 1. The van der Waals surface area contributed by atoms with Crippen LogP contribution in [0.15, 0.2) is 42.5 Å². The number of rotatable bonds is 6. The number of benzene rings is 2. The summed E-state index contributed by atoms with van der Waals surface area (Å²) in [4.78, 5) is 23.1. The van der Waals surface area contributed by atoms with Crippen molar-refractivity contribution in [3.8, 4) is 11.5 Å². The molecule has 132 valence electrons. The summed E-state index contributed by atoms with van der Waals surface area (Å²) in [5, 5.41) is 2.89. The van der Waals surface area contributed by atoms with E-state index < -0.39 is 0 Å². The van der Waals surface area contributed by atoms with E-state index in [0.717, 1.165) is 17.5 Å². The van der Waals surface area contributed by atoms with Gasteiger partial charge in [0.15, 0.2) is 18.1 Å². The Morgan fingerprint density at radius 2 is 1.84 bits per heavy atom. The van der Waals surface area contributed by atoms with E-state index in [1.54, 1.807) is 18.2 Å². The van der Waals surface area contributed by atoms with E-state index in [9.17, 15) is 9.59 Å². The summed E-state index contributed by atoms with van der Waals surface area (Å²) in [6, 6.07) is 12.5. The summed E-state index contributed by atoms with van der Waals surface area (Å²) in [5.74, 6) is 0.554. The lowest BCUT2D eigenvalue weighted by atomic mass is 9.86. The van der Waals surface area contributed by atoms with Crippen LogP contribution in [0.25, 0.3) is 0 Å². The molecule has 2 rings (SSSR count). The standard InChI is InChI=1S/C20H23NO4/c1-20(2,3)15-7-5-6-8-16(15)21-19(23)13-25-17-10-9-14(12-22)11-18(17)24-4/h5-12H,13H2,1-4H3,(H,21,23). The SMILES string of the molecule is COc1cc(C=O)ccc1OCC(=O)Nc1ccccc1C(C)(C)C. The van der Waals surface area contributed by atoms with Crippen LogP contribution in [-0.2, 0) is 10.2 Å². The zero-order valence-electron chi connectivity index (χ0n) is 15.0. The van der Waals surface area contributed by atoms with Crippen molar-refractivity contribution in [1.29, 1.82) is 0 Å². The maximum Gasteiger partial charge on any atom is 0.262 e. The lowest BCUT2D eigenvalue weighted by Crippen LogP contribution is -2.23. The molecule has 5 nitrogen and oxygen atoms in total. The second kappa shape index (κ2) is 7.83. The second-order valence-electron chi connectivity index (χ2n) is 6.66. The van der Waals surface area contributed by atoms with Crippen molar-refractivity contribution in [3.05, 3.63) is 53.6 Å². The van der Waals surface area contributed by atoms with Crippen LogP contribution >= 0.6 is 0 Å². The third-order valence-electron chi connectivity index (χ3n) is 3.69. The monoisotopic (exact) mass is 341 g/mol. The van der Waals surface area contributed by atoms with Gasteiger partial charge < -0.3 is 14.8 Å². The fraction of sp³-hybridized carbons (Fsp3) is 0.300.